The number of carbonyl (C=O) groups excluding carboxylic acids is 4. The maximum Gasteiger partial charge on any atom is 0.326 e. The minimum Gasteiger partial charge on any atom is -0.454 e. The van der Waals surface area contributed by atoms with Gasteiger partial charge in [0.15, 0.2) is 6.61 Å². The first-order valence-electron chi connectivity index (χ1n) is 9.73. The van der Waals surface area contributed by atoms with E-state index in [-0.39, 0.29) is 11.8 Å². The number of esters is 1. The third-order valence-corrected chi connectivity index (χ3v) is 6.15. The second-order valence-electron chi connectivity index (χ2n) is 7.74. The van der Waals surface area contributed by atoms with Gasteiger partial charge in [0.05, 0.1) is 17.9 Å². The lowest BCUT2D eigenvalue weighted by molar-refractivity contribution is -0.157. The molecule has 2 aliphatic carbocycles. The molecule has 2 atom stereocenters. The molecule has 1 saturated heterocycles. The number of rotatable bonds is 5. The van der Waals surface area contributed by atoms with E-state index >= 15 is 0 Å². The van der Waals surface area contributed by atoms with Crippen LogP contribution in [0.2, 0.25) is 0 Å². The lowest BCUT2D eigenvalue weighted by atomic mass is 9.81. The summed E-state index contributed by atoms with van der Waals surface area (Å²) >= 11 is 0. The second-order valence-corrected chi connectivity index (χ2v) is 7.74. The number of likely N-dealkylation sites (N-methyl/N-ethyl adjacent to an activating group) is 1. The van der Waals surface area contributed by atoms with E-state index in [1.54, 1.807) is 7.05 Å². The Labute approximate surface area is 164 Å². The summed E-state index contributed by atoms with van der Waals surface area (Å²) in [7, 11) is 1.55. The normalized spacial score (nSPS) is 25.8. The van der Waals surface area contributed by atoms with Crippen molar-refractivity contribution in [1.29, 1.82) is 5.26 Å². The third-order valence-electron chi connectivity index (χ3n) is 6.15. The molecule has 0 radical (unpaired) electrons. The summed E-state index contributed by atoms with van der Waals surface area (Å²) < 4.78 is 5.02. The Morgan fingerprint density at radius 2 is 1.75 bits per heavy atom. The SMILES string of the molecule is CN(C(=O)COC(=O)CN1C(=O)C2CC=CCC2C1=O)C1(C#N)CCCCC1. The van der Waals surface area contributed by atoms with E-state index in [2.05, 4.69) is 6.07 Å². The van der Waals surface area contributed by atoms with E-state index in [1.165, 1.54) is 4.90 Å². The molecule has 3 amide bonds. The van der Waals surface area contributed by atoms with Crippen LogP contribution >= 0.6 is 0 Å². The van der Waals surface area contributed by atoms with Crippen LogP contribution in [-0.2, 0) is 23.9 Å². The summed E-state index contributed by atoms with van der Waals surface area (Å²) in [6.07, 6.45) is 8.75. The summed E-state index contributed by atoms with van der Waals surface area (Å²) in [5.74, 6) is -2.78. The Morgan fingerprint density at radius 3 is 2.29 bits per heavy atom. The standard InChI is InChI=1S/C20H25N3O5/c1-22(20(13-21)9-5-2-6-10-20)16(24)12-28-17(25)11-23-18(26)14-7-3-4-8-15(14)19(23)27/h3-4,14-15H,2,5-12H2,1H3. The monoisotopic (exact) mass is 387 g/mol. The fourth-order valence-corrected chi connectivity index (χ4v) is 4.34. The number of amides is 3. The molecule has 1 aliphatic heterocycles. The first-order chi connectivity index (χ1) is 13.4. The predicted octanol–water partition coefficient (Wildman–Crippen LogP) is 1.17. The average Bonchev–Trinajstić information content (AvgIpc) is 2.97. The van der Waals surface area contributed by atoms with Crippen molar-refractivity contribution in [2.45, 2.75) is 50.5 Å². The molecule has 150 valence electrons. The Morgan fingerprint density at radius 1 is 1.18 bits per heavy atom. The number of fused-ring (bicyclic) bond motifs is 1. The maximum absolute atomic E-state index is 12.4. The molecule has 2 fully saturated rings. The van der Waals surface area contributed by atoms with Gasteiger partial charge in [0, 0.05) is 7.05 Å². The van der Waals surface area contributed by atoms with Gasteiger partial charge in [-0.2, -0.15) is 5.26 Å². The van der Waals surface area contributed by atoms with E-state index in [0.717, 1.165) is 24.2 Å². The van der Waals surface area contributed by atoms with E-state index in [1.807, 2.05) is 12.2 Å². The van der Waals surface area contributed by atoms with Crippen LogP contribution in [0.4, 0.5) is 0 Å². The number of ether oxygens (including phenoxy) is 1. The summed E-state index contributed by atoms with van der Waals surface area (Å²) in [6.45, 7) is -0.992. The highest BCUT2D eigenvalue weighted by atomic mass is 16.5. The number of allylic oxidation sites excluding steroid dienone is 2. The lowest BCUT2D eigenvalue weighted by Crippen LogP contribution is -2.51. The quantitative estimate of drug-likeness (QED) is 0.398. The Bertz CT molecular complexity index is 721. The molecule has 8 nitrogen and oxygen atoms in total. The van der Waals surface area contributed by atoms with Crippen molar-refractivity contribution in [2.75, 3.05) is 20.2 Å². The molecule has 1 heterocycles. The van der Waals surface area contributed by atoms with Gasteiger partial charge in [-0.15, -0.1) is 0 Å². The minimum atomic E-state index is -0.856. The summed E-state index contributed by atoms with van der Waals surface area (Å²) in [6, 6.07) is 2.25. The molecule has 3 aliphatic rings. The first-order valence-corrected chi connectivity index (χ1v) is 9.73. The zero-order chi connectivity index (χ0) is 20.3. The summed E-state index contributed by atoms with van der Waals surface area (Å²) in [5, 5.41) is 9.55. The molecule has 0 bridgehead atoms. The number of nitrogens with zero attached hydrogens (tertiary/aromatic N) is 3. The van der Waals surface area contributed by atoms with Crippen molar-refractivity contribution in [1.82, 2.24) is 9.80 Å². The van der Waals surface area contributed by atoms with Crippen LogP contribution in [0.15, 0.2) is 12.2 Å². The van der Waals surface area contributed by atoms with Crippen molar-refractivity contribution < 1.29 is 23.9 Å². The van der Waals surface area contributed by atoms with Gasteiger partial charge in [-0.05, 0) is 25.7 Å². The maximum atomic E-state index is 12.4. The van der Waals surface area contributed by atoms with Gasteiger partial charge < -0.3 is 9.64 Å². The number of likely N-dealkylation sites (tertiary alicyclic amines) is 1. The molecular formula is C20H25N3O5. The van der Waals surface area contributed by atoms with Gasteiger partial charge >= 0.3 is 5.97 Å². The Hall–Kier alpha value is -2.69. The molecule has 3 rings (SSSR count). The molecule has 0 N–H and O–H groups in total. The van der Waals surface area contributed by atoms with Gasteiger partial charge in [-0.3, -0.25) is 24.1 Å². The fourth-order valence-electron chi connectivity index (χ4n) is 4.34. The zero-order valence-electron chi connectivity index (χ0n) is 16.1. The van der Waals surface area contributed by atoms with Crippen molar-refractivity contribution >= 4 is 23.7 Å². The van der Waals surface area contributed by atoms with Crippen molar-refractivity contribution in [3.8, 4) is 6.07 Å². The molecule has 8 heteroatoms. The lowest BCUT2D eigenvalue weighted by Gasteiger charge is -2.38. The summed E-state index contributed by atoms with van der Waals surface area (Å²) in [5.41, 5.74) is -0.856. The Balaban J connectivity index is 1.53. The van der Waals surface area contributed by atoms with E-state index in [9.17, 15) is 24.4 Å². The van der Waals surface area contributed by atoms with Gasteiger partial charge in [-0.25, -0.2) is 0 Å². The first kappa shape index (κ1) is 20.1. The molecule has 1 saturated carbocycles. The average molecular weight is 387 g/mol. The van der Waals surface area contributed by atoms with Gasteiger partial charge in [0.1, 0.15) is 12.1 Å². The van der Waals surface area contributed by atoms with Crippen LogP contribution in [0.1, 0.15) is 44.9 Å². The topological polar surface area (TPSA) is 108 Å². The largest absolute Gasteiger partial charge is 0.454 e. The van der Waals surface area contributed by atoms with Crippen LogP contribution in [-0.4, -0.2) is 59.2 Å². The smallest absolute Gasteiger partial charge is 0.326 e. The number of hydrogen-bond acceptors (Lipinski definition) is 6. The molecule has 28 heavy (non-hydrogen) atoms. The minimum absolute atomic E-state index is 0.356. The van der Waals surface area contributed by atoms with Crippen molar-refractivity contribution in [3.05, 3.63) is 12.2 Å². The van der Waals surface area contributed by atoms with Crippen molar-refractivity contribution in [3.63, 3.8) is 0 Å². The molecular weight excluding hydrogens is 362 g/mol. The third kappa shape index (κ3) is 3.66. The summed E-state index contributed by atoms with van der Waals surface area (Å²) in [4.78, 5) is 51.6. The van der Waals surface area contributed by atoms with Crippen LogP contribution in [0.3, 0.4) is 0 Å². The highest BCUT2D eigenvalue weighted by Gasteiger charge is 2.48. The molecule has 2 unspecified atom stereocenters. The number of hydrogen-bond donors (Lipinski definition) is 0. The van der Waals surface area contributed by atoms with E-state index in [0.29, 0.717) is 25.7 Å². The van der Waals surface area contributed by atoms with E-state index in [4.69, 9.17) is 4.74 Å². The second kappa shape index (κ2) is 8.13. The number of nitriles is 1. The molecule has 0 spiro atoms. The van der Waals surface area contributed by atoms with Crippen LogP contribution in [0.25, 0.3) is 0 Å². The van der Waals surface area contributed by atoms with Crippen LogP contribution < -0.4 is 0 Å². The van der Waals surface area contributed by atoms with E-state index < -0.39 is 42.4 Å². The molecule has 0 aromatic rings. The highest BCUT2D eigenvalue weighted by molar-refractivity contribution is 6.07. The van der Waals surface area contributed by atoms with Crippen molar-refractivity contribution in [2.24, 2.45) is 11.8 Å². The van der Waals surface area contributed by atoms with Crippen LogP contribution in [0, 0.1) is 23.2 Å². The van der Waals surface area contributed by atoms with Gasteiger partial charge in [0.2, 0.25) is 11.8 Å². The Kier molecular flexibility index (Phi) is 5.82. The zero-order valence-corrected chi connectivity index (χ0v) is 16.1. The van der Waals surface area contributed by atoms with Crippen LogP contribution in [0.5, 0.6) is 0 Å². The molecule has 0 aromatic carbocycles. The number of imide groups is 1. The predicted molar refractivity (Wildman–Crippen MR) is 97.2 cm³/mol. The molecule has 0 aromatic heterocycles. The number of carbonyl (C=O) groups is 4. The highest BCUT2D eigenvalue weighted by Crippen LogP contribution is 2.35. The van der Waals surface area contributed by atoms with Gasteiger partial charge in [-0.1, -0.05) is 31.4 Å². The van der Waals surface area contributed by atoms with Gasteiger partial charge in [0.25, 0.3) is 5.91 Å². The fraction of sp³-hybridized carbons (Fsp3) is 0.650.